The summed E-state index contributed by atoms with van der Waals surface area (Å²) < 4.78 is 13.7. The third-order valence-corrected chi connectivity index (χ3v) is 3.58. The Labute approximate surface area is 128 Å². The van der Waals surface area contributed by atoms with E-state index in [-0.39, 0.29) is 11.5 Å². The van der Waals surface area contributed by atoms with Gasteiger partial charge in [0.15, 0.2) is 0 Å². The fourth-order valence-electron chi connectivity index (χ4n) is 1.78. The lowest BCUT2D eigenvalue weighted by molar-refractivity contribution is -0.383. The van der Waals surface area contributed by atoms with E-state index in [0.717, 1.165) is 0 Å². The van der Waals surface area contributed by atoms with Crippen LogP contribution in [0.2, 0.25) is 0 Å². The van der Waals surface area contributed by atoms with Crippen LogP contribution < -0.4 is 10.6 Å². The van der Waals surface area contributed by atoms with E-state index < -0.39 is 4.92 Å². The molecule has 2 aromatic rings. The summed E-state index contributed by atoms with van der Waals surface area (Å²) in [6.45, 7) is 0. The molecule has 0 saturated carbocycles. The molecule has 0 saturated heterocycles. The summed E-state index contributed by atoms with van der Waals surface area (Å²) in [5.41, 5.74) is 1.34. The molecule has 0 heterocycles. The van der Waals surface area contributed by atoms with Crippen molar-refractivity contribution in [3.63, 3.8) is 0 Å². The molecule has 0 spiro atoms. The molecule has 0 atom stereocenters. The van der Waals surface area contributed by atoms with Gasteiger partial charge in [0.2, 0.25) is 0 Å². The normalized spacial score (nSPS) is 10.2. The first-order valence-corrected chi connectivity index (χ1v) is 6.78. The van der Waals surface area contributed by atoms with E-state index in [0.29, 0.717) is 20.6 Å². The summed E-state index contributed by atoms with van der Waals surface area (Å²) >= 11 is 1.97. The molecular weight excluding hydrogens is 376 g/mol. The van der Waals surface area contributed by atoms with E-state index in [2.05, 4.69) is 10.6 Å². The highest BCUT2D eigenvalue weighted by Crippen LogP contribution is 2.35. The number of nitrogens with zero attached hydrogens (tertiary/aromatic N) is 1. The van der Waals surface area contributed by atoms with Crippen molar-refractivity contribution in [1.82, 2.24) is 0 Å². The first kappa shape index (κ1) is 14.5. The smallest absolute Gasteiger partial charge is 0.315 e. The van der Waals surface area contributed by atoms with Gasteiger partial charge in [0.1, 0.15) is 17.2 Å². The highest BCUT2D eigenvalue weighted by atomic mass is 127. The summed E-state index contributed by atoms with van der Waals surface area (Å²) in [5.74, 6) is -0.349. The molecule has 0 amide bonds. The highest BCUT2D eigenvalue weighted by molar-refractivity contribution is 14.1. The number of benzene rings is 2. The molecule has 2 rings (SSSR count). The van der Waals surface area contributed by atoms with Crippen LogP contribution in [-0.2, 0) is 0 Å². The van der Waals surface area contributed by atoms with Gasteiger partial charge in [0.25, 0.3) is 0 Å². The average molecular weight is 387 g/mol. The monoisotopic (exact) mass is 387 g/mol. The standard InChI is InChI=1S/C13H11FIN3O2/c1-16-11-3-2-4-12(13(11)18(19)20)17-10-6-5-8(14)7-9(10)15/h2-7,16-17H,1H3. The predicted octanol–water partition coefficient (Wildman–Crippen LogP) is 4.12. The van der Waals surface area contributed by atoms with Gasteiger partial charge in [-0.25, -0.2) is 4.39 Å². The van der Waals surface area contributed by atoms with Crippen molar-refractivity contribution in [2.75, 3.05) is 17.7 Å². The molecule has 2 aromatic carbocycles. The number of nitrogens with one attached hydrogen (secondary N) is 2. The van der Waals surface area contributed by atoms with E-state index in [9.17, 15) is 14.5 Å². The number of para-hydroxylation sites is 1. The Hall–Kier alpha value is -1.90. The summed E-state index contributed by atoms with van der Waals surface area (Å²) in [6, 6.07) is 9.15. The topological polar surface area (TPSA) is 67.2 Å². The SMILES string of the molecule is CNc1cccc(Nc2ccc(F)cc2I)c1[N+](=O)[O-]. The van der Waals surface area contributed by atoms with Gasteiger partial charge in [-0.3, -0.25) is 10.1 Å². The Kier molecular flexibility index (Phi) is 4.38. The maximum atomic E-state index is 13.1. The van der Waals surface area contributed by atoms with Crippen molar-refractivity contribution in [3.05, 3.63) is 55.9 Å². The lowest BCUT2D eigenvalue weighted by atomic mass is 10.2. The Balaban J connectivity index is 2.45. The van der Waals surface area contributed by atoms with Gasteiger partial charge in [-0.05, 0) is 52.9 Å². The van der Waals surface area contributed by atoms with Crippen LogP contribution >= 0.6 is 22.6 Å². The Morgan fingerprint density at radius 2 is 1.90 bits per heavy atom. The van der Waals surface area contributed by atoms with Gasteiger partial charge in [-0.1, -0.05) is 6.07 Å². The summed E-state index contributed by atoms with van der Waals surface area (Å²) in [5, 5.41) is 16.9. The Bertz CT molecular complexity index is 664. The number of halogens is 2. The molecule has 0 radical (unpaired) electrons. The number of anilines is 3. The van der Waals surface area contributed by atoms with Gasteiger partial charge < -0.3 is 10.6 Å². The van der Waals surface area contributed by atoms with Crippen LogP contribution in [0.4, 0.5) is 27.1 Å². The molecule has 0 aliphatic rings. The third-order valence-electron chi connectivity index (χ3n) is 2.69. The fraction of sp³-hybridized carbons (Fsp3) is 0.0769. The van der Waals surface area contributed by atoms with Crippen molar-refractivity contribution in [1.29, 1.82) is 0 Å². The van der Waals surface area contributed by atoms with Crippen LogP contribution in [-0.4, -0.2) is 12.0 Å². The predicted molar refractivity (Wildman–Crippen MR) is 85.0 cm³/mol. The van der Waals surface area contributed by atoms with Gasteiger partial charge in [0, 0.05) is 10.6 Å². The molecule has 5 nitrogen and oxygen atoms in total. The van der Waals surface area contributed by atoms with Crippen LogP contribution in [0.3, 0.4) is 0 Å². The number of nitro groups is 1. The minimum atomic E-state index is -0.454. The molecule has 0 aliphatic carbocycles. The van der Waals surface area contributed by atoms with Gasteiger partial charge in [-0.15, -0.1) is 0 Å². The van der Waals surface area contributed by atoms with E-state index >= 15 is 0 Å². The van der Waals surface area contributed by atoms with Crippen molar-refractivity contribution in [2.24, 2.45) is 0 Å². The number of hydrogen-bond donors (Lipinski definition) is 2. The van der Waals surface area contributed by atoms with Crippen molar-refractivity contribution < 1.29 is 9.31 Å². The lowest BCUT2D eigenvalue weighted by Crippen LogP contribution is -2.02. The van der Waals surface area contributed by atoms with Gasteiger partial charge in [-0.2, -0.15) is 0 Å². The molecule has 7 heteroatoms. The molecule has 2 N–H and O–H groups in total. The zero-order chi connectivity index (χ0) is 14.7. The fourth-order valence-corrected chi connectivity index (χ4v) is 2.39. The number of nitro benzene ring substituents is 1. The van der Waals surface area contributed by atoms with Crippen LogP contribution in [0.1, 0.15) is 0 Å². The number of hydrogen-bond acceptors (Lipinski definition) is 4. The van der Waals surface area contributed by atoms with Crippen molar-refractivity contribution in [3.8, 4) is 0 Å². The lowest BCUT2D eigenvalue weighted by Gasteiger charge is -2.11. The largest absolute Gasteiger partial charge is 0.382 e. The first-order chi connectivity index (χ1) is 9.52. The maximum Gasteiger partial charge on any atom is 0.315 e. The number of rotatable bonds is 4. The maximum absolute atomic E-state index is 13.1. The van der Waals surface area contributed by atoms with Crippen LogP contribution in [0.5, 0.6) is 0 Å². The van der Waals surface area contributed by atoms with Crippen LogP contribution in [0.15, 0.2) is 36.4 Å². The molecular formula is C13H11FIN3O2. The van der Waals surface area contributed by atoms with E-state index in [1.807, 2.05) is 22.6 Å². The van der Waals surface area contributed by atoms with Gasteiger partial charge >= 0.3 is 5.69 Å². The van der Waals surface area contributed by atoms with E-state index in [1.165, 1.54) is 12.1 Å². The molecule has 104 valence electrons. The summed E-state index contributed by atoms with van der Waals surface area (Å²) in [6.07, 6.45) is 0. The zero-order valence-electron chi connectivity index (χ0n) is 10.5. The van der Waals surface area contributed by atoms with E-state index in [4.69, 9.17) is 0 Å². The highest BCUT2D eigenvalue weighted by Gasteiger charge is 2.19. The van der Waals surface area contributed by atoms with Crippen LogP contribution in [0, 0.1) is 19.5 Å². The molecule has 0 aliphatic heterocycles. The Morgan fingerprint density at radius 3 is 2.50 bits per heavy atom. The molecule has 0 fully saturated rings. The molecule has 20 heavy (non-hydrogen) atoms. The van der Waals surface area contributed by atoms with Crippen molar-refractivity contribution >= 4 is 45.3 Å². The average Bonchev–Trinajstić information content (AvgIpc) is 2.41. The van der Waals surface area contributed by atoms with Crippen molar-refractivity contribution in [2.45, 2.75) is 0 Å². The quantitative estimate of drug-likeness (QED) is 0.471. The zero-order valence-corrected chi connectivity index (χ0v) is 12.6. The van der Waals surface area contributed by atoms with Crippen LogP contribution in [0.25, 0.3) is 0 Å². The van der Waals surface area contributed by atoms with E-state index in [1.54, 1.807) is 31.3 Å². The Morgan fingerprint density at radius 1 is 1.20 bits per heavy atom. The summed E-state index contributed by atoms with van der Waals surface area (Å²) in [7, 11) is 1.62. The first-order valence-electron chi connectivity index (χ1n) is 5.70. The second kappa shape index (κ2) is 6.04. The summed E-state index contributed by atoms with van der Waals surface area (Å²) in [4.78, 5) is 10.7. The second-order valence-electron chi connectivity index (χ2n) is 3.96. The second-order valence-corrected chi connectivity index (χ2v) is 5.12. The molecule has 0 unspecified atom stereocenters. The molecule has 0 aromatic heterocycles. The minimum absolute atomic E-state index is 0.0462. The van der Waals surface area contributed by atoms with Gasteiger partial charge in [0.05, 0.1) is 10.6 Å². The third kappa shape index (κ3) is 2.98. The minimum Gasteiger partial charge on any atom is -0.382 e. The molecule has 0 bridgehead atoms.